The second kappa shape index (κ2) is 9.01. The Hall–Kier alpha value is -1.07. The summed E-state index contributed by atoms with van der Waals surface area (Å²) in [4.78, 5) is 4.50. The molecule has 0 atom stereocenters. The van der Waals surface area contributed by atoms with E-state index in [1.807, 2.05) is 6.92 Å². The summed E-state index contributed by atoms with van der Waals surface area (Å²) in [5.74, 6) is 0.846. The molecule has 1 aromatic rings. The maximum atomic E-state index is 5.27. The maximum absolute atomic E-state index is 5.27. The lowest BCUT2D eigenvalue weighted by Gasteiger charge is -2.10. The van der Waals surface area contributed by atoms with Crippen LogP contribution in [0.1, 0.15) is 19.4 Å². The Balaban J connectivity index is 2.33. The van der Waals surface area contributed by atoms with E-state index in [0.717, 1.165) is 25.7 Å². The predicted molar refractivity (Wildman–Crippen MR) is 73.6 cm³/mol. The van der Waals surface area contributed by atoms with E-state index in [-0.39, 0.29) is 0 Å². The first-order valence-electron chi connectivity index (χ1n) is 5.97. The molecular weight excluding hydrogens is 234 g/mol. The van der Waals surface area contributed by atoms with Gasteiger partial charge >= 0.3 is 0 Å². The topological polar surface area (TPSA) is 45.7 Å². The first-order valence-corrected chi connectivity index (χ1v) is 6.92. The summed E-state index contributed by atoms with van der Waals surface area (Å²) < 4.78 is 5.27. The van der Waals surface area contributed by atoms with Crippen LogP contribution in [0.25, 0.3) is 0 Å². The van der Waals surface area contributed by atoms with Crippen LogP contribution < -0.4 is 10.6 Å². The van der Waals surface area contributed by atoms with Crippen LogP contribution in [0.15, 0.2) is 21.8 Å². The molecule has 0 spiro atoms. The first-order chi connectivity index (χ1) is 8.36. The van der Waals surface area contributed by atoms with Crippen LogP contribution in [0.2, 0.25) is 0 Å². The first kappa shape index (κ1) is 14.0. The number of ether oxygens (including phenoxy) is 1. The second-order valence-corrected chi connectivity index (χ2v) is 4.23. The monoisotopic (exact) mass is 255 g/mol. The van der Waals surface area contributed by atoms with Crippen molar-refractivity contribution in [3.05, 3.63) is 22.4 Å². The molecule has 0 aliphatic rings. The van der Waals surface area contributed by atoms with Crippen LogP contribution in [-0.2, 0) is 11.3 Å². The van der Waals surface area contributed by atoms with Crippen molar-refractivity contribution in [2.24, 2.45) is 4.99 Å². The van der Waals surface area contributed by atoms with E-state index >= 15 is 0 Å². The van der Waals surface area contributed by atoms with Gasteiger partial charge < -0.3 is 15.4 Å². The van der Waals surface area contributed by atoms with E-state index in [2.05, 4.69) is 39.4 Å². The quantitative estimate of drug-likeness (QED) is 0.444. The standard InChI is InChI=1S/C12H21N3OS/c1-3-13-12(14-6-7-16-4-2)15-9-11-5-8-17-10-11/h5,8,10H,3-4,6-7,9H2,1-2H3,(H2,13,14,15). The van der Waals surface area contributed by atoms with Crippen molar-refractivity contribution >= 4 is 17.3 Å². The Kier molecular flexibility index (Phi) is 7.42. The summed E-state index contributed by atoms with van der Waals surface area (Å²) in [5.41, 5.74) is 1.25. The number of aliphatic imine (C=N–C) groups is 1. The summed E-state index contributed by atoms with van der Waals surface area (Å²) in [7, 11) is 0. The molecule has 0 aromatic carbocycles. The molecule has 0 unspecified atom stereocenters. The lowest BCUT2D eigenvalue weighted by atomic mass is 10.3. The third-order valence-corrected chi connectivity index (χ3v) is 2.82. The molecule has 0 aliphatic heterocycles. The number of hydrogen-bond acceptors (Lipinski definition) is 3. The van der Waals surface area contributed by atoms with Gasteiger partial charge in [-0.05, 0) is 36.2 Å². The largest absolute Gasteiger partial charge is 0.380 e. The fraction of sp³-hybridized carbons (Fsp3) is 0.583. The molecule has 1 aromatic heterocycles. The minimum atomic E-state index is 0.708. The van der Waals surface area contributed by atoms with Gasteiger partial charge in [-0.3, -0.25) is 0 Å². The molecule has 4 nitrogen and oxygen atoms in total. The SMILES string of the molecule is CCNC(=NCc1ccsc1)NCCOCC. The molecule has 0 amide bonds. The molecule has 0 bridgehead atoms. The van der Waals surface area contributed by atoms with Crippen LogP contribution in [0.3, 0.4) is 0 Å². The van der Waals surface area contributed by atoms with Gasteiger partial charge in [0.2, 0.25) is 0 Å². The van der Waals surface area contributed by atoms with Crippen LogP contribution in [0, 0.1) is 0 Å². The van der Waals surface area contributed by atoms with Crippen LogP contribution in [0.5, 0.6) is 0 Å². The fourth-order valence-corrected chi connectivity index (χ4v) is 1.94. The fourth-order valence-electron chi connectivity index (χ4n) is 1.28. The van der Waals surface area contributed by atoms with E-state index in [1.165, 1.54) is 5.56 Å². The minimum absolute atomic E-state index is 0.708. The Labute approximate surface area is 107 Å². The smallest absolute Gasteiger partial charge is 0.191 e. The zero-order valence-corrected chi connectivity index (χ0v) is 11.3. The summed E-state index contributed by atoms with van der Waals surface area (Å²) in [6.45, 7) is 7.88. The average molecular weight is 255 g/mol. The highest BCUT2D eigenvalue weighted by Crippen LogP contribution is 2.06. The lowest BCUT2D eigenvalue weighted by Crippen LogP contribution is -2.38. The number of thiophene rings is 1. The molecule has 0 aliphatic carbocycles. The summed E-state index contributed by atoms with van der Waals surface area (Å²) in [5, 5.41) is 10.6. The van der Waals surface area contributed by atoms with Crippen molar-refractivity contribution in [2.45, 2.75) is 20.4 Å². The van der Waals surface area contributed by atoms with Gasteiger partial charge in [-0.25, -0.2) is 4.99 Å². The van der Waals surface area contributed by atoms with Crippen molar-refractivity contribution in [2.75, 3.05) is 26.3 Å². The van der Waals surface area contributed by atoms with Gasteiger partial charge in [0.25, 0.3) is 0 Å². The van der Waals surface area contributed by atoms with E-state index < -0.39 is 0 Å². The molecule has 5 heteroatoms. The van der Waals surface area contributed by atoms with E-state index in [1.54, 1.807) is 11.3 Å². The van der Waals surface area contributed by atoms with Gasteiger partial charge in [0, 0.05) is 19.7 Å². The molecule has 0 saturated heterocycles. The van der Waals surface area contributed by atoms with Gasteiger partial charge in [0.05, 0.1) is 13.2 Å². The molecule has 1 heterocycles. The number of nitrogens with zero attached hydrogens (tertiary/aromatic N) is 1. The van der Waals surface area contributed by atoms with E-state index in [9.17, 15) is 0 Å². The van der Waals surface area contributed by atoms with Gasteiger partial charge in [0.1, 0.15) is 0 Å². The molecule has 17 heavy (non-hydrogen) atoms. The normalized spacial score (nSPS) is 11.5. The van der Waals surface area contributed by atoms with E-state index in [4.69, 9.17) is 4.74 Å². The third-order valence-electron chi connectivity index (χ3n) is 2.09. The van der Waals surface area contributed by atoms with E-state index in [0.29, 0.717) is 13.2 Å². The summed E-state index contributed by atoms with van der Waals surface area (Å²) >= 11 is 1.70. The minimum Gasteiger partial charge on any atom is -0.380 e. The van der Waals surface area contributed by atoms with Crippen LogP contribution >= 0.6 is 11.3 Å². The van der Waals surface area contributed by atoms with Crippen LogP contribution in [0.4, 0.5) is 0 Å². The Morgan fingerprint density at radius 1 is 1.41 bits per heavy atom. The predicted octanol–water partition coefficient (Wildman–Crippen LogP) is 1.84. The molecule has 2 N–H and O–H groups in total. The van der Waals surface area contributed by atoms with Crippen molar-refractivity contribution in [1.82, 2.24) is 10.6 Å². The summed E-state index contributed by atoms with van der Waals surface area (Å²) in [6.07, 6.45) is 0. The Bertz CT molecular complexity index is 312. The van der Waals surface area contributed by atoms with Crippen molar-refractivity contribution in [3.63, 3.8) is 0 Å². The number of hydrogen-bond donors (Lipinski definition) is 2. The average Bonchev–Trinajstić information content (AvgIpc) is 2.84. The zero-order valence-electron chi connectivity index (χ0n) is 10.5. The highest BCUT2D eigenvalue weighted by Gasteiger charge is 1.97. The molecular formula is C12H21N3OS. The van der Waals surface area contributed by atoms with Gasteiger partial charge in [-0.2, -0.15) is 11.3 Å². The van der Waals surface area contributed by atoms with Gasteiger partial charge in [0.15, 0.2) is 5.96 Å². The molecule has 0 saturated carbocycles. The molecule has 1 rings (SSSR count). The van der Waals surface area contributed by atoms with Gasteiger partial charge in [-0.1, -0.05) is 0 Å². The highest BCUT2D eigenvalue weighted by molar-refractivity contribution is 7.07. The number of rotatable bonds is 7. The molecule has 0 radical (unpaired) electrons. The van der Waals surface area contributed by atoms with Crippen LogP contribution in [-0.4, -0.2) is 32.3 Å². The highest BCUT2D eigenvalue weighted by atomic mass is 32.1. The maximum Gasteiger partial charge on any atom is 0.191 e. The number of guanidine groups is 1. The summed E-state index contributed by atoms with van der Waals surface area (Å²) in [6, 6.07) is 2.10. The Morgan fingerprint density at radius 2 is 2.29 bits per heavy atom. The van der Waals surface area contributed by atoms with Crippen molar-refractivity contribution in [3.8, 4) is 0 Å². The zero-order chi connectivity index (χ0) is 12.3. The lowest BCUT2D eigenvalue weighted by molar-refractivity contribution is 0.152. The van der Waals surface area contributed by atoms with Gasteiger partial charge in [-0.15, -0.1) is 0 Å². The van der Waals surface area contributed by atoms with Crippen molar-refractivity contribution in [1.29, 1.82) is 0 Å². The second-order valence-electron chi connectivity index (χ2n) is 3.45. The third kappa shape index (κ3) is 6.28. The Morgan fingerprint density at radius 3 is 2.94 bits per heavy atom. The van der Waals surface area contributed by atoms with Crippen molar-refractivity contribution < 1.29 is 4.74 Å². The molecule has 96 valence electrons. The molecule has 0 fully saturated rings. The number of nitrogens with one attached hydrogen (secondary N) is 2.